The van der Waals surface area contributed by atoms with Crippen LogP contribution in [0.2, 0.25) is 0 Å². The third kappa shape index (κ3) is 4.43. The second-order valence-corrected chi connectivity index (χ2v) is 8.21. The highest BCUT2D eigenvalue weighted by Gasteiger charge is 2.45. The predicted molar refractivity (Wildman–Crippen MR) is 89.3 cm³/mol. The van der Waals surface area contributed by atoms with Gasteiger partial charge >= 0.3 is 0 Å². The molecule has 3 rings (SSSR count). The average Bonchev–Trinajstić information content (AvgIpc) is 2.84. The van der Waals surface area contributed by atoms with Crippen molar-refractivity contribution in [1.29, 1.82) is 0 Å². The molecule has 23 heavy (non-hydrogen) atoms. The molecule has 0 bridgehead atoms. The first kappa shape index (κ1) is 16.7. The van der Waals surface area contributed by atoms with Crippen molar-refractivity contribution in [2.75, 3.05) is 12.9 Å². The van der Waals surface area contributed by atoms with Crippen molar-refractivity contribution in [2.24, 2.45) is 17.8 Å². The van der Waals surface area contributed by atoms with Crippen molar-refractivity contribution in [2.45, 2.75) is 32.0 Å². The molecular weight excluding hydrogens is 312 g/mol. The minimum absolute atomic E-state index is 0.142. The molecule has 2 aliphatic rings. The van der Waals surface area contributed by atoms with Crippen LogP contribution < -0.4 is 0 Å². The van der Waals surface area contributed by atoms with E-state index in [0.717, 1.165) is 31.1 Å². The van der Waals surface area contributed by atoms with E-state index in [1.807, 2.05) is 30.3 Å². The van der Waals surface area contributed by atoms with Crippen molar-refractivity contribution in [3.05, 3.63) is 48.0 Å². The monoisotopic (exact) mass is 336 g/mol. The van der Waals surface area contributed by atoms with E-state index < -0.39 is 10.1 Å². The summed E-state index contributed by atoms with van der Waals surface area (Å²) in [6.45, 7) is 1.10. The van der Waals surface area contributed by atoms with Crippen molar-refractivity contribution in [3.63, 3.8) is 0 Å². The van der Waals surface area contributed by atoms with Gasteiger partial charge in [-0.1, -0.05) is 42.5 Å². The van der Waals surface area contributed by atoms with Gasteiger partial charge in [0, 0.05) is 5.92 Å². The van der Waals surface area contributed by atoms with E-state index in [4.69, 9.17) is 8.92 Å². The quantitative estimate of drug-likeness (QED) is 0.591. The molecule has 0 radical (unpaired) electrons. The Morgan fingerprint density at radius 1 is 1.13 bits per heavy atom. The first-order chi connectivity index (χ1) is 11.0. The zero-order valence-corrected chi connectivity index (χ0v) is 14.2. The molecule has 2 aliphatic carbocycles. The van der Waals surface area contributed by atoms with Crippen LogP contribution in [0.15, 0.2) is 42.5 Å². The molecule has 1 saturated carbocycles. The van der Waals surface area contributed by atoms with E-state index in [1.165, 1.54) is 0 Å². The van der Waals surface area contributed by atoms with Gasteiger partial charge in [-0.25, -0.2) is 0 Å². The summed E-state index contributed by atoms with van der Waals surface area (Å²) in [4.78, 5) is 0. The lowest BCUT2D eigenvalue weighted by molar-refractivity contribution is 0.0317. The maximum absolute atomic E-state index is 11.6. The second kappa shape index (κ2) is 7.16. The highest BCUT2D eigenvalue weighted by molar-refractivity contribution is 7.86. The van der Waals surface area contributed by atoms with Crippen LogP contribution in [-0.4, -0.2) is 27.4 Å². The molecule has 0 spiro atoms. The number of hydrogen-bond acceptors (Lipinski definition) is 4. The molecule has 1 fully saturated rings. The molecule has 126 valence electrons. The number of fused-ring (bicyclic) bond motifs is 1. The topological polar surface area (TPSA) is 52.6 Å². The summed E-state index contributed by atoms with van der Waals surface area (Å²) in [5.74, 6) is 1.11. The summed E-state index contributed by atoms with van der Waals surface area (Å²) in [6.07, 6.45) is 8.10. The lowest BCUT2D eigenvalue weighted by Crippen LogP contribution is -2.29. The number of benzene rings is 1. The summed E-state index contributed by atoms with van der Waals surface area (Å²) in [6, 6.07) is 10.0. The molecule has 5 heteroatoms. The SMILES string of the molecule is CS(=O)(=O)O[C@@H]1C[C@H]2CC=CC[C@H]2[C@@H]1COCc1ccccc1. The van der Waals surface area contributed by atoms with Gasteiger partial charge < -0.3 is 4.74 Å². The van der Waals surface area contributed by atoms with E-state index in [2.05, 4.69) is 12.2 Å². The molecule has 4 atom stereocenters. The first-order valence-corrected chi connectivity index (χ1v) is 9.99. The minimum Gasteiger partial charge on any atom is -0.376 e. The third-order valence-corrected chi connectivity index (χ3v) is 5.50. The van der Waals surface area contributed by atoms with Crippen LogP contribution in [0.3, 0.4) is 0 Å². The van der Waals surface area contributed by atoms with Gasteiger partial charge in [-0.3, -0.25) is 4.18 Å². The number of ether oxygens (including phenoxy) is 1. The Morgan fingerprint density at radius 3 is 2.61 bits per heavy atom. The predicted octanol–water partition coefficient (Wildman–Crippen LogP) is 3.15. The van der Waals surface area contributed by atoms with E-state index in [1.54, 1.807) is 0 Å². The van der Waals surface area contributed by atoms with Crippen LogP contribution >= 0.6 is 0 Å². The van der Waals surface area contributed by atoms with Gasteiger partial charge in [0.25, 0.3) is 10.1 Å². The summed E-state index contributed by atoms with van der Waals surface area (Å²) >= 11 is 0. The number of allylic oxidation sites excluding steroid dienone is 2. The van der Waals surface area contributed by atoms with Gasteiger partial charge in [-0.15, -0.1) is 0 Å². The summed E-state index contributed by atoms with van der Waals surface area (Å²) in [5, 5.41) is 0. The molecule has 0 N–H and O–H groups in total. The molecule has 0 saturated heterocycles. The minimum atomic E-state index is -3.44. The molecule has 0 unspecified atom stereocenters. The van der Waals surface area contributed by atoms with Crippen molar-refractivity contribution >= 4 is 10.1 Å². The molecule has 1 aromatic rings. The van der Waals surface area contributed by atoms with Crippen LogP contribution in [0.25, 0.3) is 0 Å². The zero-order valence-electron chi connectivity index (χ0n) is 13.4. The Balaban J connectivity index is 1.63. The lowest BCUT2D eigenvalue weighted by Gasteiger charge is -2.27. The van der Waals surface area contributed by atoms with Crippen molar-refractivity contribution in [1.82, 2.24) is 0 Å². The zero-order chi connectivity index (χ0) is 16.3. The van der Waals surface area contributed by atoms with Crippen molar-refractivity contribution < 1.29 is 17.3 Å². The van der Waals surface area contributed by atoms with Gasteiger partial charge in [-0.2, -0.15) is 8.42 Å². The smallest absolute Gasteiger partial charge is 0.264 e. The van der Waals surface area contributed by atoms with Gasteiger partial charge in [0.15, 0.2) is 0 Å². The highest BCUT2D eigenvalue weighted by atomic mass is 32.2. The Morgan fingerprint density at radius 2 is 1.87 bits per heavy atom. The van der Waals surface area contributed by atoms with Crippen molar-refractivity contribution in [3.8, 4) is 0 Å². The van der Waals surface area contributed by atoms with Gasteiger partial charge in [0.2, 0.25) is 0 Å². The molecule has 4 nitrogen and oxygen atoms in total. The fourth-order valence-corrected chi connectivity index (χ4v) is 4.56. The molecule has 0 amide bonds. The number of rotatable bonds is 6. The molecular formula is C18H24O4S. The van der Waals surface area contributed by atoms with E-state index >= 15 is 0 Å². The first-order valence-electron chi connectivity index (χ1n) is 8.18. The summed E-state index contributed by atoms with van der Waals surface area (Å²) in [7, 11) is -3.44. The Kier molecular flexibility index (Phi) is 5.19. The maximum Gasteiger partial charge on any atom is 0.264 e. The molecule has 0 aromatic heterocycles. The van der Waals surface area contributed by atoms with Crippen LogP contribution in [0.5, 0.6) is 0 Å². The van der Waals surface area contributed by atoms with Crippen LogP contribution in [-0.2, 0) is 25.6 Å². The molecule has 0 aliphatic heterocycles. The normalized spacial score (nSPS) is 30.3. The van der Waals surface area contributed by atoms with Crippen LogP contribution in [0.1, 0.15) is 24.8 Å². The van der Waals surface area contributed by atoms with E-state index in [9.17, 15) is 8.42 Å². The Bertz CT molecular complexity index is 638. The largest absolute Gasteiger partial charge is 0.376 e. The fourth-order valence-electron chi connectivity index (χ4n) is 3.89. The Hall–Kier alpha value is -1.17. The maximum atomic E-state index is 11.6. The summed E-state index contributed by atoms with van der Waals surface area (Å²) in [5.41, 5.74) is 1.13. The highest BCUT2D eigenvalue weighted by Crippen LogP contribution is 2.45. The standard InChI is InChI=1S/C18H24O4S/c1-23(19,20)22-18-11-15-9-5-6-10-16(15)17(18)13-21-12-14-7-3-2-4-8-14/h2-8,15-18H,9-13H2,1H3/t15-,16-,17+,18-/m1/s1. The van der Waals surface area contributed by atoms with E-state index in [0.29, 0.717) is 25.0 Å². The second-order valence-electron chi connectivity index (χ2n) is 6.61. The third-order valence-electron chi connectivity index (χ3n) is 4.90. The molecule has 0 heterocycles. The number of hydrogen-bond donors (Lipinski definition) is 0. The lowest BCUT2D eigenvalue weighted by atomic mass is 9.81. The van der Waals surface area contributed by atoms with Gasteiger partial charge in [0.05, 0.1) is 25.6 Å². The van der Waals surface area contributed by atoms with Gasteiger partial charge in [0.1, 0.15) is 0 Å². The van der Waals surface area contributed by atoms with Gasteiger partial charge in [-0.05, 0) is 36.7 Å². The Labute approximate surface area is 138 Å². The van der Waals surface area contributed by atoms with Crippen LogP contribution in [0.4, 0.5) is 0 Å². The summed E-state index contributed by atoms with van der Waals surface area (Å²) < 4.78 is 34.4. The van der Waals surface area contributed by atoms with E-state index in [-0.39, 0.29) is 12.0 Å². The van der Waals surface area contributed by atoms with Crippen LogP contribution in [0, 0.1) is 17.8 Å². The fraction of sp³-hybridized carbons (Fsp3) is 0.556. The molecule has 1 aromatic carbocycles. The average molecular weight is 336 g/mol.